The summed E-state index contributed by atoms with van der Waals surface area (Å²) in [6, 6.07) is 8.81. The summed E-state index contributed by atoms with van der Waals surface area (Å²) >= 11 is 0. The number of benzene rings is 2. The molecule has 1 fully saturated rings. The number of fused-ring (bicyclic) bond motifs is 1. The molecule has 6 heteroatoms. The number of carbonyl (C=O) groups is 1. The van der Waals surface area contributed by atoms with Crippen LogP contribution in [0.2, 0.25) is 0 Å². The predicted molar refractivity (Wildman–Crippen MR) is 105 cm³/mol. The SMILES string of the molecule is CCCCCc1ccc2c([C@H](N3NC(=O)CC3(C)C)C(F)(F)F)cccc2c1. The zero-order valence-corrected chi connectivity index (χ0v) is 16.6. The molecule has 3 rings (SSSR count). The Morgan fingerprint density at radius 1 is 1.18 bits per heavy atom. The standard InChI is InChI=1S/C22H27F3N2O/c1-4-5-6-8-15-11-12-17-16(13-15)9-7-10-18(17)20(22(23,24)25)27-21(2,3)14-19(28)26-27/h7,9-13,20H,4-6,8,14H2,1-3H3,(H,26,28)/t20-/m0/s1. The number of rotatable bonds is 6. The lowest BCUT2D eigenvalue weighted by molar-refractivity contribution is -0.203. The van der Waals surface area contributed by atoms with Crippen molar-refractivity contribution in [3.63, 3.8) is 0 Å². The highest BCUT2D eigenvalue weighted by molar-refractivity contribution is 5.87. The number of hydrogen-bond acceptors (Lipinski definition) is 2. The zero-order valence-electron chi connectivity index (χ0n) is 16.6. The van der Waals surface area contributed by atoms with Crippen LogP contribution in [0.25, 0.3) is 10.8 Å². The first-order valence-electron chi connectivity index (χ1n) is 9.80. The van der Waals surface area contributed by atoms with Crippen LogP contribution in [-0.4, -0.2) is 22.6 Å². The Morgan fingerprint density at radius 3 is 2.54 bits per heavy atom. The molecule has 2 aromatic rings. The van der Waals surface area contributed by atoms with Crippen LogP contribution >= 0.6 is 0 Å². The van der Waals surface area contributed by atoms with Gasteiger partial charge in [0, 0.05) is 12.0 Å². The van der Waals surface area contributed by atoms with E-state index in [0.717, 1.165) is 41.6 Å². The number of hydrazine groups is 1. The molecule has 1 saturated heterocycles. The van der Waals surface area contributed by atoms with Crippen molar-refractivity contribution in [3.8, 4) is 0 Å². The van der Waals surface area contributed by atoms with Crippen LogP contribution in [0, 0.1) is 0 Å². The Kier molecular flexibility index (Phi) is 5.71. The molecule has 2 aromatic carbocycles. The van der Waals surface area contributed by atoms with Crippen molar-refractivity contribution < 1.29 is 18.0 Å². The average molecular weight is 392 g/mol. The van der Waals surface area contributed by atoms with Crippen molar-refractivity contribution in [2.24, 2.45) is 0 Å². The molecule has 0 spiro atoms. The van der Waals surface area contributed by atoms with E-state index in [4.69, 9.17) is 0 Å². The first kappa shape index (κ1) is 20.6. The largest absolute Gasteiger partial charge is 0.409 e. The van der Waals surface area contributed by atoms with Gasteiger partial charge < -0.3 is 0 Å². The Balaban J connectivity index is 2.04. The number of nitrogens with one attached hydrogen (secondary N) is 1. The number of hydrogen-bond donors (Lipinski definition) is 1. The molecule has 0 saturated carbocycles. The molecule has 0 bridgehead atoms. The van der Waals surface area contributed by atoms with Crippen molar-refractivity contribution >= 4 is 16.7 Å². The second kappa shape index (κ2) is 7.74. The van der Waals surface area contributed by atoms with Crippen LogP contribution < -0.4 is 5.43 Å². The lowest BCUT2D eigenvalue weighted by atomic mass is 9.92. The molecule has 1 N–H and O–H groups in total. The van der Waals surface area contributed by atoms with Gasteiger partial charge in [-0.3, -0.25) is 10.2 Å². The lowest BCUT2D eigenvalue weighted by Crippen LogP contribution is -2.51. The van der Waals surface area contributed by atoms with E-state index < -0.39 is 23.7 Å². The molecule has 28 heavy (non-hydrogen) atoms. The van der Waals surface area contributed by atoms with Crippen LogP contribution in [0.3, 0.4) is 0 Å². The lowest BCUT2D eigenvalue weighted by Gasteiger charge is -2.38. The number of unbranched alkanes of at least 4 members (excludes halogenated alkanes) is 2. The summed E-state index contributed by atoms with van der Waals surface area (Å²) in [6.07, 6.45) is -0.234. The number of carbonyl (C=O) groups excluding carboxylic acids is 1. The summed E-state index contributed by atoms with van der Waals surface area (Å²) in [5.41, 5.74) is 2.81. The topological polar surface area (TPSA) is 32.3 Å². The average Bonchev–Trinajstić information content (AvgIpc) is 2.86. The molecule has 3 nitrogen and oxygen atoms in total. The van der Waals surface area contributed by atoms with Crippen molar-refractivity contribution in [2.45, 2.75) is 70.6 Å². The molecule has 0 radical (unpaired) electrons. The minimum atomic E-state index is -4.52. The van der Waals surface area contributed by atoms with Gasteiger partial charge >= 0.3 is 6.18 Å². The fraction of sp³-hybridized carbons (Fsp3) is 0.500. The van der Waals surface area contributed by atoms with Crippen LogP contribution in [0.4, 0.5) is 13.2 Å². The molecule has 0 unspecified atom stereocenters. The summed E-state index contributed by atoms with van der Waals surface area (Å²) in [5.74, 6) is -0.391. The van der Waals surface area contributed by atoms with Gasteiger partial charge in [-0.15, -0.1) is 0 Å². The Labute approximate surface area is 163 Å². The van der Waals surface area contributed by atoms with E-state index in [0.29, 0.717) is 5.39 Å². The number of halogens is 3. The van der Waals surface area contributed by atoms with Crippen LogP contribution in [-0.2, 0) is 11.2 Å². The summed E-state index contributed by atoms with van der Waals surface area (Å²) in [5, 5.41) is 2.43. The maximum Gasteiger partial charge on any atom is 0.409 e. The molecule has 1 heterocycles. The van der Waals surface area contributed by atoms with Crippen LogP contribution in [0.1, 0.15) is 63.6 Å². The molecule has 0 aliphatic carbocycles. The van der Waals surface area contributed by atoms with Gasteiger partial charge in [0.05, 0.1) is 0 Å². The molecule has 0 aromatic heterocycles. The Hall–Kier alpha value is -2.08. The van der Waals surface area contributed by atoms with E-state index in [2.05, 4.69) is 12.3 Å². The van der Waals surface area contributed by atoms with E-state index in [1.165, 1.54) is 6.07 Å². The summed E-state index contributed by atoms with van der Waals surface area (Å²) in [4.78, 5) is 11.8. The van der Waals surface area contributed by atoms with Gasteiger partial charge in [0.1, 0.15) is 0 Å². The maximum atomic E-state index is 14.1. The van der Waals surface area contributed by atoms with E-state index in [1.54, 1.807) is 26.0 Å². The first-order valence-corrected chi connectivity index (χ1v) is 9.80. The number of aryl methyl sites for hydroxylation is 1. The second-order valence-corrected chi connectivity index (χ2v) is 8.20. The highest BCUT2D eigenvalue weighted by Gasteiger charge is 2.53. The number of amides is 1. The fourth-order valence-corrected chi connectivity index (χ4v) is 4.01. The van der Waals surface area contributed by atoms with Gasteiger partial charge in [-0.05, 0) is 48.6 Å². The van der Waals surface area contributed by atoms with Crippen molar-refractivity contribution in [1.29, 1.82) is 0 Å². The smallest absolute Gasteiger partial charge is 0.287 e. The number of alkyl halides is 3. The summed E-state index contributed by atoms with van der Waals surface area (Å²) in [6.45, 7) is 5.45. The van der Waals surface area contributed by atoms with Gasteiger partial charge in [0.25, 0.3) is 0 Å². The first-order chi connectivity index (χ1) is 13.1. The maximum absolute atomic E-state index is 14.1. The minimum absolute atomic E-state index is 0.0337. The monoisotopic (exact) mass is 392 g/mol. The number of nitrogens with zero attached hydrogens (tertiary/aromatic N) is 1. The van der Waals surface area contributed by atoms with Gasteiger partial charge in [0.15, 0.2) is 6.04 Å². The predicted octanol–water partition coefficient (Wildman–Crippen LogP) is 5.69. The molecular weight excluding hydrogens is 365 g/mol. The molecular formula is C22H27F3N2O. The Bertz CT molecular complexity index is 860. The third-order valence-corrected chi connectivity index (χ3v) is 5.40. The van der Waals surface area contributed by atoms with Crippen molar-refractivity contribution in [3.05, 3.63) is 47.5 Å². The third kappa shape index (κ3) is 4.17. The van der Waals surface area contributed by atoms with Gasteiger partial charge in [0.2, 0.25) is 5.91 Å². The van der Waals surface area contributed by atoms with Gasteiger partial charge in [-0.1, -0.05) is 56.2 Å². The van der Waals surface area contributed by atoms with E-state index in [-0.39, 0.29) is 12.0 Å². The van der Waals surface area contributed by atoms with Gasteiger partial charge in [-0.25, -0.2) is 0 Å². The van der Waals surface area contributed by atoms with Gasteiger partial charge in [-0.2, -0.15) is 18.2 Å². The highest BCUT2D eigenvalue weighted by atomic mass is 19.4. The van der Waals surface area contributed by atoms with Crippen LogP contribution in [0.15, 0.2) is 36.4 Å². The molecule has 1 atom stereocenters. The fourth-order valence-electron chi connectivity index (χ4n) is 4.01. The van der Waals surface area contributed by atoms with E-state index >= 15 is 0 Å². The summed E-state index contributed by atoms with van der Waals surface area (Å²) in [7, 11) is 0. The Morgan fingerprint density at radius 2 is 1.93 bits per heavy atom. The van der Waals surface area contributed by atoms with E-state index in [9.17, 15) is 18.0 Å². The quantitative estimate of drug-likeness (QED) is 0.641. The zero-order chi connectivity index (χ0) is 20.5. The molecule has 1 amide bonds. The minimum Gasteiger partial charge on any atom is -0.287 e. The normalized spacial score (nSPS) is 18.4. The highest BCUT2D eigenvalue weighted by Crippen LogP contribution is 2.44. The molecule has 1 aliphatic heterocycles. The van der Waals surface area contributed by atoms with Crippen molar-refractivity contribution in [1.82, 2.24) is 10.4 Å². The molecule has 152 valence electrons. The second-order valence-electron chi connectivity index (χ2n) is 8.20. The summed E-state index contributed by atoms with van der Waals surface area (Å²) < 4.78 is 42.4. The van der Waals surface area contributed by atoms with Crippen molar-refractivity contribution in [2.75, 3.05) is 0 Å². The molecule has 1 aliphatic rings. The van der Waals surface area contributed by atoms with Crippen LogP contribution in [0.5, 0.6) is 0 Å². The van der Waals surface area contributed by atoms with E-state index in [1.807, 2.05) is 18.2 Å². The third-order valence-electron chi connectivity index (χ3n) is 5.40.